The van der Waals surface area contributed by atoms with Crippen molar-refractivity contribution in [2.75, 3.05) is 13.1 Å². The Hall–Kier alpha value is -3.48. The number of nitrogens with zero attached hydrogens (tertiary/aromatic N) is 2. The van der Waals surface area contributed by atoms with Crippen LogP contribution in [0.4, 0.5) is 0 Å². The predicted molar refractivity (Wildman–Crippen MR) is 135 cm³/mol. The molecule has 2 aromatic carbocycles. The van der Waals surface area contributed by atoms with E-state index in [2.05, 4.69) is 12.2 Å². The van der Waals surface area contributed by atoms with Crippen molar-refractivity contribution in [3.05, 3.63) is 70.8 Å². The standard InChI is InChI=1S/C28H35N3O4/c1-4-6-17-29-26(33)24(5-2)31(19-21-15-13-20(3)14-16-21)25(32)12-9-18-30-27(34)22-10-7-8-11-23(22)28(30)35/h7-8,10-11,13-16,24H,4-6,9,12,17-19H2,1-3H3,(H,29,33)/t24-/m0/s1. The van der Waals surface area contributed by atoms with Crippen molar-refractivity contribution >= 4 is 23.6 Å². The molecule has 0 fully saturated rings. The quantitative estimate of drug-likeness (QED) is 0.368. The number of imide groups is 1. The molecule has 0 saturated carbocycles. The van der Waals surface area contributed by atoms with E-state index in [-0.39, 0.29) is 36.6 Å². The van der Waals surface area contributed by atoms with Crippen LogP contribution in [0.25, 0.3) is 0 Å². The van der Waals surface area contributed by atoms with Gasteiger partial charge in [-0.3, -0.25) is 24.1 Å². The Balaban J connectivity index is 1.68. The minimum Gasteiger partial charge on any atom is -0.354 e. The molecule has 1 atom stereocenters. The highest BCUT2D eigenvalue weighted by molar-refractivity contribution is 6.21. The number of carbonyl (C=O) groups excluding carboxylic acids is 4. The third kappa shape index (κ3) is 6.35. The lowest BCUT2D eigenvalue weighted by molar-refractivity contribution is -0.141. The second-order valence-electron chi connectivity index (χ2n) is 8.99. The third-order valence-corrected chi connectivity index (χ3v) is 6.34. The van der Waals surface area contributed by atoms with E-state index in [1.165, 1.54) is 4.90 Å². The van der Waals surface area contributed by atoms with Crippen LogP contribution in [0.2, 0.25) is 0 Å². The zero-order valence-corrected chi connectivity index (χ0v) is 20.9. The Labute approximate surface area is 207 Å². The average Bonchev–Trinajstić information content (AvgIpc) is 3.10. The summed E-state index contributed by atoms with van der Waals surface area (Å²) in [4.78, 5) is 54.4. The maximum absolute atomic E-state index is 13.4. The number of nitrogens with one attached hydrogen (secondary N) is 1. The molecule has 0 aromatic heterocycles. The van der Waals surface area contributed by atoms with Gasteiger partial charge in [-0.05, 0) is 43.9 Å². The van der Waals surface area contributed by atoms with Gasteiger partial charge in [0.25, 0.3) is 11.8 Å². The summed E-state index contributed by atoms with van der Waals surface area (Å²) in [5, 5.41) is 2.96. The lowest BCUT2D eigenvalue weighted by atomic mass is 10.1. The summed E-state index contributed by atoms with van der Waals surface area (Å²) in [6, 6.07) is 14.1. The van der Waals surface area contributed by atoms with Crippen LogP contribution in [0.1, 0.15) is 77.8 Å². The minimum absolute atomic E-state index is 0.137. The van der Waals surface area contributed by atoms with Crippen molar-refractivity contribution in [2.24, 2.45) is 0 Å². The van der Waals surface area contributed by atoms with Gasteiger partial charge >= 0.3 is 0 Å². The fourth-order valence-corrected chi connectivity index (χ4v) is 4.29. The van der Waals surface area contributed by atoms with E-state index in [4.69, 9.17) is 0 Å². The zero-order valence-electron chi connectivity index (χ0n) is 20.9. The number of fused-ring (bicyclic) bond motifs is 1. The normalized spacial score (nSPS) is 13.5. The summed E-state index contributed by atoms with van der Waals surface area (Å²) in [5.74, 6) is -0.964. The molecule has 0 aliphatic carbocycles. The van der Waals surface area contributed by atoms with E-state index in [9.17, 15) is 19.2 Å². The Morgan fingerprint density at radius 3 is 2.14 bits per heavy atom. The van der Waals surface area contributed by atoms with Gasteiger partial charge in [0, 0.05) is 26.1 Å². The van der Waals surface area contributed by atoms with Crippen LogP contribution < -0.4 is 5.32 Å². The van der Waals surface area contributed by atoms with E-state index >= 15 is 0 Å². The summed E-state index contributed by atoms with van der Waals surface area (Å²) in [7, 11) is 0. The molecule has 7 nitrogen and oxygen atoms in total. The molecule has 0 radical (unpaired) electrons. The summed E-state index contributed by atoms with van der Waals surface area (Å²) in [6.45, 7) is 7.03. The molecule has 1 heterocycles. The monoisotopic (exact) mass is 477 g/mol. The lowest BCUT2D eigenvalue weighted by Gasteiger charge is -2.31. The maximum Gasteiger partial charge on any atom is 0.261 e. The maximum atomic E-state index is 13.4. The molecule has 1 aliphatic heterocycles. The molecule has 1 N–H and O–H groups in total. The molecule has 186 valence electrons. The lowest BCUT2D eigenvalue weighted by Crippen LogP contribution is -2.49. The predicted octanol–water partition coefficient (Wildman–Crippen LogP) is 4.09. The van der Waals surface area contributed by atoms with Crippen molar-refractivity contribution < 1.29 is 19.2 Å². The summed E-state index contributed by atoms with van der Waals surface area (Å²) in [6.07, 6.45) is 2.82. The van der Waals surface area contributed by atoms with Crippen LogP contribution in [0.5, 0.6) is 0 Å². The molecule has 2 aromatic rings. The topological polar surface area (TPSA) is 86.8 Å². The third-order valence-electron chi connectivity index (χ3n) is 6.34. The highest BCUT2D eigenvalue weighted by Crippen LogP contribution is 2.23. The number of amides is 4. The van der Waals surface area contributed by atoms with E-state index in [0.717, 1.165) is 24.0 Å². The first-order valence-electron chi connectivity index (χ1n) is 12.4. The van der Waals surface area contributed by atoms with Gasteiger partial charge in [-0.2, -0.15) is 0 Å². The van der Waals surface area contributed by atoms with Crippen molar-refractivity contribution in [2.45, 2.75) is 65.5 Å². The van der Waals surface area contributed by atoms with E-state index in [1.807, 2.05) is 38.1 Å². The first-order chi connectivity index (χ1) is 16.9. The van der Waals surface area contributed by atoms with Crippen LogP contribution in [-0.2, 0) is 16.1 Å². The second kappa shape index (κ2) is 12.3. The van der Waals surface area contributed by atoms with Gasteiger partial charge in [0.2, 0.25) is 11.8 Å². The Kier molecular flexibility index (Phi) is 9.18. The van der Waals surface area contributed by atoms with Gasteiger partial charge in [-0.15, -0.1) is 0 Å². The molecule has 35 heavy (non-hydrogen) atoms. The van der Waals surface area contributed by atoms with Crippen molar-refractivity contribution in [3.8, 4) is 0 Å². The molecule has 4 amide bonds. The number of aryl methyl sites for hydroxylation is 1. The summed E-state index contributed by atoms with van der Waals surface area (Å²) >= 11 is 0. The van der Waals surface area contributed by atoms with Gasteiger partial charge in [-0.25, -0.2) is 0 Å². The molecule has 0 spiro atoms. The van der Waals surface area contributed by atoms with Gasteiger partial charge in [0.15, 0.2) is 0 Å². The number of unbranched alkanes of at least 4 members (excludes halogenated alkanes) is 1. The fourth-order valence-electron chi connectivity index (χ4n) is 4.29. The first kappa shape index (κ1) is 26.1. The van der Waals surface area contributed by atoms with Crippen LogP contribution in [0.3, 0.4) is 0 Å². The van der Waals surface area contributed by atoms with Gasteiger partial charge < -0.3 is 10.2 Å². The van der Waals surface area contributed by atoms with E-state index < -0.39 is 6.04 Å². The number of rotatable bonds is 12. The van der Waals surface area contributed by atoms with Crippen LogP contribution in [0, 0.1) is 6.92 Å². The van der Waals surface area contributed by atoms with E-state index in [0.29, 0.717) is 37.1 Å². The largest absolute Gasteiger partial charge is 0.354 e. The van der Waals surface area contributed by atoms with Crippen LogP contribution in [0.15, 0.2) is 48.5 Å². The fraction of sp³-hybridized carbons (Fsp3) is 0.429. The molecule has 0 bridgehead atoms. The zero-order chi connectivity index (χ0) is 25.4. The molecular weight excluding hydrogens is 442 g/mol. The first-order valence-corrected chi connectivity index (χ1v) is 12.4. The summed E-state index contributed by atoms with van der Waals surface area (Å²) in [5.41, 5.74) is 2.88. The van der Waals surface area contributed by atoms with Crippen molar-refractivity contribution in [3.63, 3.8) is 0 Å². The molecule has 0 saturated heterocycles. The SMILES string of the molecule is CCCCNC(=O)[C@H](CC)N(Cc1ccc(C)cc1)C(=O)CCCN1C(=O)c2ccccc2C1=O. The molecule has 7 heteroatoms. The number of hydrogen-bond donors (Lipinski definition) is 1. The molecule has 3 rings (SSSR count). The number of hydrogen-bond acceptors (Lipinski definition) is 4. The minimum atomic E-state index is -0.583. The van der Waals surface area contributed by atoms with Crippen LogP contribution >= 0.6 is 0 Å². The Morgan fingerprint density at radius 1 is 0.943 bits per heavy atom. The highest BCUT2D eigenvalue weighted by atomic mass is 16.2. The Morgan fingerprint density at radius 2 is 1.57 bits per heavy atom. The van der Waals surface area contributed by atoms with E-state index in [1.54, 1.807) is 29.2 Å². The average molecular weight is 478 g/mol. The van der Waals surface area contributed by atoms with Crippen molar-refractivity contribution in [1.29, 1.82) is 0 Å². The number of benzene rings is 2. The smallest absolute Gasteiger partial charge is 0.261 e. The van der Waals surface area contributed by atoms with Gasteiger partial charge in [-0.1, -0.05) is 62.2 Å². The van der Waals surface area contributed by atoms with Gasteiger partial charge in [0.1, 0.15) is 6.04 Å². The highest BCUT2D eigenvalue weighted by Gasteiger charge is 2.35. The Bertz CT molecular complexity index is 1030. The molecule has 0 unspecified atom stereocenters. The van der Waals surface area contributed by atoms with Gasteiger partial charge in [0.05, 0.1) is 11.1 Å². The molecular formula is C28H35N3O4. The van der Waals surface area contributed by atoms with Crippen molar-refractivity contribution in [1.82, 2.24) is 15.1 Å². The van der Waals surface area contributed by atoms with Crippen LogP contribution in [-0.4, -0.2) is 52.6 Å². The second-order valence-corrected chi connectivity index (χ2v) is 8.99. The number of carbonyl (C=O) groups is 4. The summed E-state index contributed by atoms with van der Waals surface area (Å²) < 4.78 is 0. The molecule has 1 aliphatic rings.